The molecule has 2 heterocycles. The van der Waals surface area contributed by atoms with Gasteiger partial charge >= 0.3 is 0 Å². The molecule has 0 bridgehead atoms. The third-order valence-corrected chi connectivity index (χ3v) is 6.04. The van der Waals surface area contributed by atoms with Crippen LogP contribution in [0.5, 0.6) is 23.0 Å². The number of rotatable bonds is 8. The number of pyridine rings is 1. The Kier molecular flexibility index (Phi) is 6.14. The van der Waals surface area contributed by atoms with Crippen molar-refractivity contribution in [3.63, 3.8) is 0 Å². The van der Waals surface area contributed by atoms with Crippen molar-refractivity contribution in [3.8, 4) is 45.5 Å². The number of hydrogen-bond acceptors (Lipinski definition) is 6. The lowest BCUT2D eigenvalue weighted by molar-refractivity contribution is 0.340. The van der Waals surface area contributed by atoms with Gasteiger partial charge in [-0.3, -0.25) is 0 Å². The number of aromatic nitrogens is 3. The Labute approximate surface area is 204 Å². The quantitative estimate of drug-likeness (QED) is 0.291. The Morgan fingerprint density at radius 2 is 1.51 bits per heavy atom. The monoisotopic (exact) mass is 469 g/mol. The zero-order chi connectivity index (χ0) is 24.4. The van der Waals surface area contributed by atoms with E-state index in [1.54, 1.807) is 21.3 Å². The van der Waals surface area contributed by atoms with Gasteiger partial charge in [0.25, 0.3) is 0 Å². The van der Waals surface area contributed by atoms with E-state index in [0.717, 1.165) is 50.5 Å². The van der Waals surface area contributed by atoms with Crippen LogP contribution in [0.15, 0.2) is 66.9 Å². The van der Waals surface area contributed by atoms with Crippen LogP contribution in [0.25, 0.3) is 33.4 Å². The van der Waals surface area contributed by atoms with Crippen molar-refractivity contribution >= 4 is 10.9 Å². The van der Waals surface area contributed by atoms with E-state index in [4.69, 9.17) is 18.9 Å². The van der Waals surface area contributed by atoms with Crippen molar-refractivity contribution in [2.24, 2.45) is 0 Å². The zero-order valence-corrected chi connectivity index (χ0v) is 20.2. The third kappa shape index (κ3) is 4.21. The predicted molar refractivity (Wildman–Crippen MR) is 136 cm³/mol. The molecule has 5 rings (SSSR count). The van der Waals surface area contributed by atoms with Gasteiger partial charge in [-0.05, 0) is 55.0 Å². The van der Waals surface area contributed by atoms with Crippen molar-refractivity contribution < 1.29 is 18.9 Å². The molecule has 0 saturated carbocycles. The summed E-state index contributed by atoms with van der Waals surface area (Å²) in [7, 11) is 4.95. The molecule has 0 radical (unpaired) electrons. The maximum absolute atomic E-state index is 5.60. The normalized spacial score (nSPS) is 11.1. The Morgan fingerprint density at radius 3 is 2.23 bits per heavy atom. The van der Waals surface area contributed by atoms with E-state index < -0.39 is 0 Å². The highest BCUT2D eigenvalue weighted by molar-refractivity contribution is 5.99. The van der Waals surface area contributed by atoms with Crippen molar-refractivity contribution in [3.05, 3.63) is 72.4 Å². The molecule has 3 aromatic carbocycles. The Bertz CT molecular complexity index is 1440. The van der Waals surface area contributed by atoms with Gasteiger partial charge in [0.15, 0.2) is 11.5 Å². The molecule has 7 heteroatoms. The standard InChI is InChI=1S/C28H27N3O4/c1-5-35-20-11-9-19(10-12-20)27-23-17-31(16-18-7-6-8-21(13-18)32-2)24-15-26(34-4)25(33-3)14-22(24)28(23)30-29-27/h6-15,17H,5,16H2,1-4H3. The number of ether oxygens (including phenoxy) is 4. The van der Waals surface area contributed by atoms with Gasteiger partial charge in [0.1, 0.15) is 22.9 Å². The van der Waals surface area contributed by atoms with E-state index >= 15 is 0 Å². The van der Waals surface area contributed by atoms with E-state index in [-0.39, 0.29) is 0 Å². The second-order valence-electron chi connectivity index (χ2n) is 8.10. The molecule has 35 heavy (non-hydrogen) atoms. The molecule has 3 aromatic rings. The van der Waals surface area contributed by atoms with Gasteiger partial charge in [0.2, 0.25) is 0 Å². The topological polar surface area (TPSA) is 67.6 Å². The summed E-state index contributed by atoms with van der Waals surface area (Å²) < 4.78 is 24.4. The fourth-order valence-corrected chi connectivity index (χ4v) is 4.35. The van der Waals surface area contributed by atoms with Crippen LogP contribution in [0.1, 0.15) is 12.5 Å². The number of methoxy groups -OCH3 is 3. The number of fused-ring (bicyclic) bond motifs is 3. The van der Waals surface area contributed by atoms with Crippen LogP contribution in [0.3, 0.4) is 0 Å². The Balaban J connectivity index is 1.70. The van der Waals surface area contributed by atoms with Gasteiger partial charge in [-0.2, -0.15) is 0 Å². The van der Waals surface area contributed by atoms with Crippen molar-refractivity contribution in [2.75, 3.05) is 27.9 Å². The molecule has 178 valence electrons. The molecule has 0 aromatic heterocycles. The first-order valence-corrected chi connectivity index (χ1v) is 11.4. The Morgan fingerprint density at radius 1 is 0.771 bits per heavy atom. The van der Waals surface area contributed by atoms with Crippen molar-refractivity contribution in [1.29, 1.82) is 0 Å². The largest absolute Gasteiger partial charge is 0.497 e. The summed E-state index contributed by atoms with van der Waals surface area (Å²) in [6.45, 7) is 3.23. The van der Waals surface area contributed by atoms with E-state index in [1.807, 2.05) is 61.5 Å². The first-order chi connectivity index (χ1) is 17.1. The van der Waals surface area contributed by atoms with Crippen molar-refractivity contribution in [1.82, 2.24) is 14.8 Å². The van der Waals surface area contributed by atoms with E-state index in [2.05, 4.69) is 27.0 Å². The van der Waals surface area contributed by atoms with Gasteiger partial charge in [-0.15, -0.1) is 10.2 Å². The maximum Gasteiger partial charge on any atom is 0.162 e. The van der Waals surface area contributed by atoms with Gasteiger partial charge in [0, 0.05) is 35.3 Å². The van der Waals surface area contributed by atoms with Crippen LogP contribution in [-0.2, 0) is 6.54 Å². The van der Waals surface area contributed by atoms with Gasteiger partial charge < -0.3 is 23.5 Å². The molecule has 0 aliphatic carbocycles. The minimum absolute atomic E-state index is 0.625. The summed E-state index contributed by atoms with van der Waals surface area (Å²) in [5.41, 5.74) is 5.64. The summed E-state index contributed by atoms with van der Waals surface area (Å²) >= 11 is 0. The van der Waals surface area contributed by atoms with Crippen LogP contribution in [0.2, 0.25) is 0 Å². The van der Waals surface area contributed by atoms with Crippen LogP contribution in [0.4, 0.5) is 0 Å². The Hall–Kier alpha value is -4.26. The summed E-state index contributed by atoms with van der Waals surface area (Å²) in [6, 6.07) is 20.0. The molecule has 0 saturated heterocycles. The molecule has 0 amide bonds. The predicted octanol–water partition coefficient (Wildman–Crippen LogP) is 5.68. The minimum Gasteiger partial charge on any atom is -0.497 e. The molecule has 7 nitrogen and oxygen atoms in total. The lowest BCUT2D eigenvalue weighted by Crippen LogP contribution is -2.05. The second-order valence-corrected chi connectivity index (χ2v) is 8.10. The summed E-state index contributed by atoms with van der Waals surface area (Å²) in [5, 5.41) is 10.1. The molecule has 0 spiro atoms. The molecule has 0 N–H and O–H groups in total. The van der Waals surface area contributed by atoms with Crippen LogP contribution >= 0.6 is 0 Å². The average Bonchev–Trinajstić information content (AvgIpc) is 3.32. The fourth-order valence-electron chi connectivity index (χ4n) is 4.35. The van der Waals surface area contributed by atoms with Gasteiger partial charge in [-0.1, -0.05) is 12.1 Å². The third-order valence-electron chi connectivity index (χ3n) is 6.04. The highest BCUT2D eigenvalue weighted by atomic mass is 16.5. The zero-order valence-electron chi connectivity index (χ0n) is 20.2. The summed E-state index contributed by atoms with van der Waals surface area (Å²) in [6.07, 6.45) is 2.11. The van der Waals surface area contributed by atoms with Crippen LogP contribution in [0, 0.1) is 0 Å². The van der Waals surface area contributed by atoms with Crippen LogP contribution < -0.4 is 18.9 Å². The highest BCUT2D eigenvalue weighted by Crippen LogP contribution is 2.41. The first-order valence-electron chi connectivity index (χ1n) is 11.4. The molecular weight excluding hydrogens is 442 g/mol. The van der Waals surface area contributed by atoms with Gasteiger partial charge in [0.05, 0.1) is 33.5 Å². The lowest BCUT2D eigenvalue weighted by atomic mass is 10.0. The average molecular weight is 470 g/mol. The number of nitrogens with zero attached hydrogens (tertiary/aromatic N) is 3. The molecule has 2 aliphatic heterocycles. The minimum atomic E-state index is 0.625. The summed E-state index contributed by atoms with van der Waals surface area (Å²) in [5.74, 6) is 2.95. The SMILES string of the molecule is CCOc1ccc(-c2nnc3c4cc(OC)c(OC)cc4n(Cc4cccc(OC)c4)cc2-3)cc1. The lowest BCUT2D eigenvalue weighted by Gasteiger charge is -2.18. The smallest absolute Gasteiger partial charge is 0.162 e. The van der Waals surface area contributed by atoms with Crippen LogP contribution in [-0.4, -0.2) is 42.7 Å². The molecule has 0 unspecified atom stereocenters. The fraction of sp³-hybridized carbons (Fsp3) is 0.214. The highest BCUT2D eigenvalue weighted by Gasteiger charge is 2.22. The molecular formula is C28H27N3O4. The number of hydrogen-bond donors (Lipinski definition) is 0. The number of benzene rings is 3. The second kappa shape index (κ2) is 9.54. The van der Waals surface area contributed by atoms with E-state index in [1.165, 1.54) is 0 Å². The van der Waals surface area contributed by atoms with E-state index in [0.29, 0.717) is 24.7 Å². The van der Waals surface area contributed by atoms with E-state index in [9.17, 15) is 0 Å². The van der Waals surface area contributed by atoms with Crippen molar-refractivity contribution in [2.45, 2.75) is 13.5 Å². The molecule has 2 aliphatic rings. The maximum atomic E-state index is 5.60. The van der Waals surface area contributed by atoms with Gasteiger partial charge in [-0.25, -0.2) is 0 Å². The first kappa shape index (κ1) is 22.5. The molecule has 0 fully saturated rings. The molecule has 0 atom stereocenters. The summed E-state index contributed by atoms with van der Waals surface area (Å²) in [4.78, 5) is 0.